The molecular weight excluding hydrogens is 367 g/mol. The van der Waals surface area contributed by atoms with Gasteiger partial charge in [0.25, 0.3) is 5.91 Å². The molecule has 0 aliphatic rings. The van der Waals surface area contributed by atoms with Gasteiger partial charge in [-0.25, -0.2) is 9.37 Å². The fourth-order valence-electron chi connectivity index (χ4n) is 3.08. The molecule has 1 heterocycles. The van der Waals surface area contributed by atoms with E-state index in [4.69, 9.17) is 4.42 Å². The number of hydrogen-bond donors (Lipinski definition) is 1. The van der Waals surface area contributed by atoms with E-state index in [0.717, 1.165) is 0 Å². The second-order valence-corrected chi connectivity index (χ2v) is 7.96. The number of amides is 1. The van der Waals surface area contributed by atoms with Gasteiger partial charge in [-0.05, 0) is 53.4 Å². The number of oxazole rings is 1. The Morgan fingerprint density at radius 3 is 2.41 bits per heavy atom. The number of hydrogen-bond acceptors (Lipinski definition) is 3. The van der Waals surface area contributed by atoms with Crippen molar-refractivity contribution in [2.45, 2.75) is 26.2 Å². The van der Waals surface area contributed by atoms with Crippen LogP contribution in [0.4, 0.5) is 10.1 Å². The second-order valence-electron chi connectivity index (χ2n) is 7.96. The van der Waals surface area contributed by atoms with Gasteiger partial charge >= 0.3 is 0 Å². The number of fused-ring (bicyclic) bond motifs is 1. The molecule has 1 aromatic heterocycles. The highest BCUT2D eigenvalue weighted by molar-refractivity contribution is 6.05. The molecule has 4 nitrogen and oxygen atoms in total. The lowest BCUT2D eigenvalue weighted by molar-refractivity contribution is 0.102. The summed E-state index contributed by atoms with van der Waals surface area (Å²) in [6, 6.07) is 19.1. The first-order valence-electron chi connectivity index (χ1n) is 9.39. The van der Waals surface area contributed by atoms with Crippen LogP contribution in [0.3, 0.4) is 0 Å². The molecule has 5 heteroatoms. The molecule has 4 aromatic rings. The number of anilines is 1. The Hall–Kier alpha value is -3.47. The standard InChI is InChI=1S/C24H21FN2O2/c1-24(2,3)16-10-8-15(9-11-16)22(28)26-17-12-13-21-20(14-17)27-23(29-21)18-6-4-5-7-19(18)25/h4-14H,1-3H3,(H,26,28). The number of benzene rings is 3. The monoisotopic (exact) mass is 388 g/mol. The zero-order valence-electron chi connectivity index (χ0n) is 16.5. The van der Waals surface area contributed by atoms with Crippen LogP contribution in [-0.4, -0.2) is 10.9 Å². The van der Waals surface area contributed by atoms with Crippen molar-refractivity contribution in [3.05, 3.63) is 83.7 Å². The molecule has 0 spiro atoms. The van der Waals surface area contributed by atoms with Crippen LogP contribution >= 0.6 is 0 Å². The highest BCUT2D eigenvalue weighted by Gasteiger charge is 2.15. The first kappa shape index (κ1) is 18.9. The van der Waals surface area contributed by atoms with Crippen LogP contribution < -0.4 is 5.32 Å². The van der Waals surface area contributed by atoms with Crippen molar-refractivity contribution < 1.29 is 13.6 Å². The molecule has 0 aliphatic heterocycles. The largest absolute Gasteiger partial charge is 0.436 e. The molecule has 4 rings (SSSR count). The third-order valence-corrected chi connectivity index (χ3v) is 4.76. The maximum absolute atomic E-state index is 14.0. The van der Waals surface area contributed by atoms with E-state index < -0.39 is 5.82 Å². The maximum Gasteiger partial charge on any atom is 0.255 e. The first-order valence-corrected chi connectivity index (χ1v) is 9.39. The number of aromatic nitrogens is 1. The predicted molar refractivity (Wildman–Crippen MR) is 112 cm³/mol. The van der Waals surface area contributed by atoms with E-state index in [1.165, 1.54) is 11.6 Å². The summed E-state index contributed by atoms with van der Waals surface area (Å²) in [5.41, 5.74) is 3.73. The third kappa shape index (κ3) is 3.90. The van der Waals surface area contributed by atoms with Crippen molar-refractivity contribution in [1.82, 2.24) is 4.98 Å². The molecule has 29 heavy (non-hydrogen) atoms. The Labute approximate surface area is 168 Å². The fraction of sp³-hybridized carbons (Fsp3) is 0.167. The predicted octanol–water partition coefficient (Wildman–Crippen LogP) is 6.18. The Balaban J connectivity index is 1.57. The number of nitrogens with one attached hydrogen (secondary N) is 1. The van der Waals surface area contributed by atoms with Crippen molar-refractivity contribution in [3.63, 3.8) is 0 Å². The summed E-state index contributed by atoms with van der Waals surface area (Å²) in [5, 5.41) is 2.87. The Morgan fingerprint density at radius 2 is 1.72 bits per heavy atom. The van der Waals surface area contributed by atoms with Gasteiger partial charge in [0.05, 0.1) is 5.56 Å². The number of carbonyl (C=O) groups is 1. The Kier molecular flexibility index (Phi) is 4.66. The zero-order valence-corrected chi connectivity index (χ0v) is 16.5. The van der Waals surface area contributed by atoms with Gasteiger partial charge in [0.1, 0.15) is 11.3 Å². The molecule has 1 amide bonds. The molecule has 0 saturated carbocycles. The number of rotatable bonds is 3. The summed E-state index contributed by atoms with van der Waals surface area (Å²) in [5.74, 6) is -0.395. The zero-order chi connectivity index (χ0) is 20.6. The topological polar surface area (TPSA) is 55.1 Å². The second kappa shape index (κ2) is 7.17. The van der Waals surface area contributed by atoms with E-state index in [-0.39, 0.29) is 17.2 Å². The molecule has 0 unspecified atom stereocenters. The smallest absolute Gasteiger partial charge is 0.255 e. The SMILES string of the molecule is CC(C)(C)c1ccc(C(=O)Nc2ccc3oc(-c4ccccc4F)nc3c2)cc1. The van der Waals surface area contributed by atoms with Gasteiger partial charge in [-0.15, -0.1) is 0 Å². The Morgan fingerprint density at radius 1 is 1.00 bits per heavy atom. The number of halogens is 1. The average Bonchev–Trinajstić information content (AvgIpc) is 3.11. The summed E-state index contributed by atoms with van der Waals surface area (Å²) >= 11 is 0. The molecule has 1 N–H and O–H groups in total. The van der Waals surface area contributed by atoms with Gasteiger partial charge in [0.2, 0.25) is 5.89 Å². The number of carbonyl (C=O) groups excluding carboxylic acids is 1. The van der Waals surface area contributed by atoms with Gasteiger partial charge in [0, 0.05) is 11.3 Å². The van der Waals surface area contributed by atoms with Gasteiger partial charge in [0.15, 0.2) is 5.58 Å². The van der Waals surface area contributed by atoms with Crippen LogP contribution in [-0.2, 0) is 5.41 Å². The van der Waals surface area contributed by atoms with Crippen molar-refractivity contribution in [2.24, 2.45) is 0 Å². The molecule has 0 saturated heterocycles. The van der Waals surface area contributed by atoms with E-state index in [2.05, 4.69) is 31.1 Å². The van der Waals surface area contributed by atoms with Crippen molar-refractivity contribution in [1.29, 1.82) is 0 Å². The summed E-state index contributed by atoms with van der Waals surface area (Å²) in [6.45, 7) is 6.39. The van der Waals surface area contributed by atoms with Crippen LogP contribution in [0.2, 0.25) is 0 Å². The minimum Gasteiger partial charge on any atom is -0.436 e. The van der Waals surface area contributed by atoms with Crippen molar-refractivity contribution >= 4 is 22.7 Å². The van der Waals surface area contributed by atoms with Gasteiger partial charge in [-0.1, -0.05) is 45.0 Å². The fourth-order valence-corrected chi connectivity index (χ4v) is 3.08. The van der Waals surface area contributed by atoms with Crippen molar-refractivity contribution in [2.75, 3.05) is 5.32 Å². The molecular formula is C24H21FN2O2. The third-order valence-electron chi connectivity index (χ3n) is 4.76. The molecule has 146 valence electrons. The summed E-state index contributed by atoms with van der Waals surface area (Å²) in [7, 11) is 0. The van der Waals surface area contributed by atoms with Gasteiger partial charge < -0.3 is 9.73 Å². The van der Waals surface area contributed by atoms with Crippen LogP contribution in [0.1, 0.15) is 36.7 Å². The van der Waals surface area contributed by atoms with E-state index >= 15 is 0 Å². The lowest BCUT2D eigenvalue weighted by Crippen LogP contribution is -2.14. The summed E-state index contributed by atoms with van der Waals surface area (Å²) < 4.78 is 19.6. The highest BCUT2D eigenvalue weighted by atomic mass is 19.1. The molecule has 0 atom stereocenters. The van der Waals surface area contributed by atoms with Crippen LogP contribution in [0, 0.1) is 5.82 Å². The molecule has 0 radical (unpaired) electrons. The first-order chi connectivity index (χ1) is 13.8. The normalized spacial score (nSPS) is 11.6. The Bertz CT molecular complexity index is 1190. The van der Waals surface area contributed by atoms with E-state index in [1.807, 2.05) is 24.3 Å². The summed E-state index contributed by atoms with van der Waals surface area (Å²) in [4.78, 5) is 16.9. The molecule has 3 aromatic carbocycles. The van der Waals surface area contributed by atoms with Crippen molar-refractivity contribution in [3.8, 4) is 11.5 Å². The maximum atomic E-state index is 14.0. The van der Waals surface area contributed by atoms with E-state index in [0.29, 0.717) is 27.9 Å². The molecule has 0 aliphatic carbocycles. The molecule has 0 bridgehead atoms. The van der Waals surface area contributed by atoms with Crippen LogP contribution in [0.25, 0.3) is 22.6 Å². The molecule has 0 fully saturated rings. The van der Waals surface area contributed by atoms with E-state index in [9.17, 15) is 9.18 Å². The van der Waals surface area contributed by atoms with Gasteiger partial charge in [-0.2, -0.15) is 0 Å². The van der Waals surface area contributed by atoms with Crippen LogP contribution in [0.5, 0.6) is 0 Å². The summed E-state index contributed by atoms with van der Waals surface area (Å²) in [6.07, 6.45) is 0. The van der Waals surface area contributed by atoms with Crippen LogP contribution in [0.15, 0.2) is 71.1 Å². The lowest BCUT2D eigenvalue weighted by atomic mass is 9.87. The minimum absolute atomic E-state index is 0.0307. The quantitative estimate of drug-likeness (QED) is 0.456. The minimum atomic E-state index is -0.397. The van der Waals surface area contributed by atoms with E-state index in [1.54, 1.807) is 36.4 Å². The number of nitrogens with zero attached hydrogens (tertiary/aromatic N) is 1. The average molecular weight is 388 g/mol. The lowest BCUT2D eigenvalue weighted by Gasteiger charge is -2.19. The highest BCUT2D eigenvalue weighted by Crippen LogP contribution is 2.28. The van der Waals surface area contributed by atoms with Gasteiger partial charge in [-0.3, -0.25) is 4.79 Å².